The van der Waals surface area contributed by atoms with E-state index in [2.05, 4.69) is 9.97 Å². The van der Waals surface area contributed by atoms with Crippen LogP contribution in [0.3, 0.4) is 0 Å². The van der Waals surface area contributed by atoms with Crippen molar-refractivity contribution in [1.82, 2.24) is 9.97 Å². The number of aryl methyl sites for hydroxylation is 1. The van der Waals surface area contributed by atoms with Crippen LogP contribution in [0.5, 0.6) is 5.75 Å². The maximum atomic E-state index is 11.3. The van der Waals surface area contributed by atoms with E-state index in [0.29, 0.717) is 11.4 Å². The van der Waals surface area contributed by atoms with Gasteiger partial charge in [0.1, 0.15) is 24.2 Å². The number of aromatic hydroxyl groups is 1. The number of phenolic OH excluding ortho intramolecular Hbond substituents is 1. The molecule has 1 N–H and O–H groups in total. The molecule has 0 radical (unpaired) electrons. The summed E-state index contributed by atoms with van der Waals surface area (Å²) >= 11 is 0. The van der Waals surface area contributed by atoms with E-state index in [1.165, 1.54) is 6.33 Å². The minimum Gasteiger partial charge on any atom is -0.508 e. The van der Waals surface area contributed by atoms with Gasteiger partial charge in [-0.05, 0) is 61.0 Å². The van der Waals surface area contributed by atoms with Gasteiger partial charge in [-0.2, -0.15) is 0 Å². The van der Waals surface area contributed by atoms with E-state index in [4.69, 9.17) is 0 Å². The highest BCUT2D eigenvalue weighted by Crippen LogP contribution is 2.39. The van der Waals surface area contributed by atoms with Gasteiger partial charge in [-0.3, -0.25) is 9.69 Å². The molecule has 27 heavy (non-hydrogen) atoms. The highest BCUT2D eigenvalue weighted by molar-refractivity contribution is 5.97. The van der Waals surface area contributed by atoms with Crippen molar-refractivity contribution >= 4 is 34.4 Å². The maximum absolute atomic E-state index is 11.3. The molecule has 0 aliphatic carbocycles. The number of aldehydes is 1. The molecular weight excluding hydrogens is 338 g/mol. The van der Waals surface area contributed by atoms with Crippen LogP contribution in [0.15, 0.2) is 73.1 Å². The molecule has 0 bridgehead atoms. The van der Waals surface area contributed by atoms with Gasteiger partial charge in [0, 0.05) is 16.6 Å². The lowest BCUT2D eigenvalue weighted by Crippen LogP contribution is -2.13. The number of hydrogen-bond acceptors (Lipinski definition) is 5. The van der Waals surface area contributed by atoms with Crippen molar-refractivity contribution in [3.8, 4) is 5.75 Å². The lowest BCUT2D eigenvalue weighted by Gasteiger charge is -2.26. The highest BCUT2D eigenvalue weighted by Gasteiger charge is 2.19. The van der Waals surface area contributed by atoms with E-state index in [0.717, 1.165) is 34.1 Å². The summed E-state index contributed by atoms with van der Waals surface area (Å²) in [6, 6.07) is 20.4. The molecule has 0 unspecified atom stereocenters. The van der Waals surface area contributed by atoms with Crippen LogP contribution in [0.25, 0.3) is 10.9 Å². The summed E-state index contributed by atoms with van der Waals surface area (Å²) < 4.78 is 0. The molecule has 0 atom stereocenters. The Bertz CT molecular complexity index is 1130. The molecule has 4 rings (SSSR count). The number of anilines is 3. The van der Waals surface area contributed by atoms with Crippen LogP contribution in [0.2, 0.25) is 0 Å². The standard InChI is InChI=1S/C22H17N3O2/c1-15-11-18(27)8-10-21(15)25(17-5-3-2-4-6-17)22-19-12-16(13-26)7-9-20(19)23-14-24-22/h2-14,27H,1H3. The van der Waals surface area contributed by atoms with Crippen molar-refractivity contribution in [2.75, 3.05) is 4.90 Å². The number of aromatic nitrogens is 2. The van der Waals surface area contributed by atoms with Crippen LogP contribution in [-0.4, -0.2) is 21.4 Å². The fourth-order valence-electron chi connectivity index (χ4n) is 3.16. The monoisotopic (exact) mass is 355 g/mol. The molecule has 0 spiro atoms. The minimum absolute atomic E-state index is 0.208. The molecular formula is C22H17N3O2. The van der Waals surface area contributed by atoms with Gasteiger partial charge < -0.3 is 5.11 Å². The molecule has 3 aromatic carbocycles. The zero-order valence-electron chi connectivity index (χ0n) is 14.7. The number of hydrogen-bond donors (Lipinski definition) is 1. The molecule has 0 amide bonds. The third-order valence-corrected chi connectivity index (χ3v) is 4.42. The third kappa shape index (κ3) is 3.11. The molecule has 5 nitrogen and oxygen atoms in total. The zero-order chi connectivity index (χ0) is 18.8. The number of phenols is 1. The van der Waals surface area contributed by atoms with E-state index in [1.54, 1.807) is 24.3 Å². The summed E-state index contributed by atoms with van der Waals surface area (Å²) in [6.07, 6.45) is 2.33. The van der Waals surface area contributed by atoms with Gasteiger partial charge >= 0.3 is 0 Å². The lowest BCUT2D eigenvalue weighted by atomic mass is 10.1. The summed E-state index contributed by atoms with van der Waals surface area (Å²) in [4.78, 5) is 22.2. The summed E-state index contributed by atoms with van der Waals surface area (Å²) in [5.41, 5.74) is 4.02. The summed E-state index contributed by atoms with van der Waals surface area (Å²) in [5, 5.41) is 10.6. The Kier molecular flexibility index (Phi) is 4.26. The maximum Gasteiger partial charge on any atom is 0.150 e. The lowest BCUT2D eigenvalue weighted by molar-refractivity contribution is 0.112. The van der Waals surface area contributed by atoms with Crippen molar-refractivity contribution in [1.29, 1.82) is 0 Å². The van der Waals surface area contributed by atoms with E-state index >= 15 is 0 Å². The van der Waals surface area contributed by atoms with Gasteiger partial charge in [0.2, 0.25) is 0 Å². The van der Waals surface area contributed by atoms with E-state index in [-0.39, 0.29) is 5.75 Å². The Morgan fingerprint density at radius 3 is 2.52 bits per heavy atom. The molecule has 0 saturated heterocycles. The summed E-state index contributed by atoms with van der Waals surface area (Å²) in [5.74, 6) is 0.878. The summed E-state index contributed by atoms with van der Waals surface area (Å²) in [6.45, 7) is 1.94. The van der Waals surface area contributed by atoms with E-state index < -0.39 is 0 Å². The van der Waals surface area contributed by atoms with Gasteiger partial charge in [-0.15, -0.1) is 0 Å². The molecule has 0 aliphatic heterocycles. The van der Waals surface area contributed by atoms with Crippen molar-refractivity contribution in [2.45, 2.75) is 6.92 Å². The van der Waals surface area contributed by atoms with Gasteiger partial charge in [0.15, 0.2) is 0 Å². The first-order valence-corrected chi connectivity index (χ1v) is 8.52. The van der Waals surface area contributed by atoms with Crippen molar-refractivity contribution in [3.63, 3.8) is 0 Å². The average Bonchev–Trinajstić information content (AvgIpc) is 2.70. The Balaban J connectivity index is 2.02. The number of rotatable bonds is 4. The van der Waals surface area contributed by atoms with E-state index in [1.807, 2.05) is 54.3 Å². The largest absolute Gasteiger partial charge is 0.508 e. The molecule has 1 aromatic heterocycles. The second-order valence-corrected chi connectivity index (χ2v) is 6.23. The SMILES string of the molecule is Cc1cc(O)ccc1N(c1ccccc1)c1ncnc2ccc(C=O)cc12. The quantitative estimate of drug-likeness (QED) is 0.526. The number of benzene rings is 3. The predicted molar refractivity (Wildman–Crippen MR) is 106 cm³/mol. The van der Waals surface area contributed by atoms with Gasteiger partial charge in [0.05, 0.1) is 11.2 Å². The second kappa shape index (κ2) is 6.88. The first-order chi connectivity index (χ1) is 13.2. The fourth-order valence-corrected chi connectivity index (χ4v) is 3.16. The van der Waals surface area contributed by atoms with Crippen LogP contribution in [0.4, 0.5) is 17.2 Å². The number of fused-ring (bicyclic) bond motifs is 1. The first-order valence-electron chi connectivity index (χ1n) is 8.52. The topological polar surface area (TPSA) is 66.3 Å². The Labute approximate surface area is 156 Å². The second-order valence-electron chi connectivity index (χ2n) is 6.23. The van der Waals surface area contributed by atoms with Crippen LogP contribution in [0.1, 0.15) is 15.9 Å². The van der Waals surface area contributed by atoms with Crippen LogP contribution in [-0.2, 0) is 0 Å². The van der Waals surface area contributed by atoms with Gasteiger partial charge in [0.25, 0.3) is 0 Å². The number of carbonyl (C=O) groups excluding carboxylic acids is 1. The van der Waals surface area contributed by atoms with Crippen molar-refractivity contribution in [2.24, 2.45) is 0 Å². The van der Waals surface area contributed by atoms with Crippen molar-refractivity contribution < 1.29 is 9.90 Å². The molecule has 5 heteroatoms. The normalized spacial score (nSPS) is 10.7. The van der Waals surface area contributed by atoms with Crippen LogP contribution in [0, 0.1) is 6.92 Å². The minimum atomic E-state index is 0.208. The highest BCUT2D eigenvalue weighted by atomic mass is 16.3. The van der Waals surface area contributed by atoms with Crippen molar-refractivity contribution in [3.05, 3.63) is 84.2 Å². The zero-order valence-corrected chi connectivity index (χ0v) is 14.7. The Morgan fingerprint density at radius 1 is 0.963 bits per heavy atom. The smallest absolute Gasteiger partial charge is 0.150 e. The average molecular weight is 355 g/mol. The fraction of sp³-hybridized carbons (Fsp3) is 0.0455. The first kappa shape index (κ1) is 16.7. The molecule has 0 aliphatic rings. The molecule has 4 aromatic rings. The third-order valence-electron chi connectivity index (χ3n) is 4.42. The Hall–Kier alpha value is -3.73. The van der Waals surface area contributed by atoms with Gasteiger partial charge in [-0.25, -0.2) is 9.97 Å². The predicted octanol–water partition coefficient (Wildman–Crippen LogP) is 4.93. The Morgan fingerprint density at radius 2 is 1.78 bits per heavy atom. The number of nitrogens with zero attached hydrogens (tertiary/aromatic N) is 3. The summed E-state index contributed by atoms with van der Waals surface area (Å²) in [7, 11) is 0. The van der Waals surface area contributed by atoms with Crippen LogP contribution >= 0.6 is 0 Å². The molecule has 132 valence electrons. The molecule has 0 fully saturated rings. The van der Waals surface area contributed by atoms with E-state index in [9.17, 15) is 9.90 Å². The van der Waals surface area contributed by atoms with Crippen LogP contribution < -0.4 is 4.90 Å². The van der Waals surface area contributed by atoms with Gasteiger partial charge in [-0.1, -0.05) is 18.2 Å². The molecule has 0 saturated carbocycles. The number of para-hydroxylation sites is 1. The molecule has 1 heterocycles. The number of carbonyl (C=O) groups is 1.